The number of carbonyl (C=O) groups excluding carboxylic acids is 2. The summed E-state index contributed by atoms with van der Waals surface area (Å²) in [6.07, 6.45) is -0.204. The van der Waals surface area contributed by atoms with Gasteiger partial charge in [-0.05, 0) is 51.3 Å². The van der Waals surface area contributed by atoms with Crippen molar-refractivity contribution in [1.29, 1.82) is 0 Å². The molecule has 0 saturated heterocycles. The second kappa shape index (κ2) is 7.34. The number of rotatable bonds is 5. The standard InChI is InChI=1S/C19H24N2O3/c1-11(2)24-19(23)16-13(4)17(21-14(16)5)18(22)20-10-15-9-7-6-8-12(15)3/h6-9,11,21H,10H2,1-5H3,(H,20,22). The molecule has 5 heteroatoms. The van der Waals surface area contributed by atoms with Crippen molar-refractivity contribution in [3.05, 3.63) is 57.9 Å². The molecular weight excluding hydrogens is 304 g/mol. The average molecular weight is 328 g/mol. The minimum Gasteiger partial charge on any atom is -0.459 e. The summed E-state index contributed by atoms with van der Waals surface area (Å²) in [7, 11) is 0. The number of ether oxygens (including phenoxy) is 1. The summed E-state index contributed by atoms with van der Waals surface area (Å²) in [6.45, 7) is 9.56. The van der Waals surface area contributed by atoms with E-state index < -0.39 is 5.97 Å². The van der Waals surface area contributed by atoms with Crippen molar-refractivity contribution in [2.45, 2.75) is 47.3 Å². The Bertz CT molecular complexity index is 760. The minimum atomic E-state index is -0.408. The number of H-pyrrole nitrogens is 1. The van der Waals surface area contributed by atoms with Gasteiger partial charge in [-0.2, -0.15) is 0 Å². The van der Waals surface area contributed by atoms with Gasteiger partial charge in [0.2, 0.25) is 0 Å². The third kappa shape index (κ3) is 3.85. The lowest BCUT2D eigenvalue weighted by Gasteiger charge is -2.09. The smallest absolute Gasteiger partial charge is 0.340 e. The number of hydrogen-bond acceptors (Lipinski definition) is 3. The van der Waals surface area contributed by atoms with E-state index in [9.17, 15) is 9.59 Å². The van der Waals surface area contributed by atoms with E-state index >= 15 is 0 Å². The Balaban J connectivity index is 2.16. The summed E-state index contributed by atoms with van der Waals surface area (Å²) < 4.78 is 5.25. The lowest BCUT2D eigenvalue weighted by atomic mass is 10.1. The van der Waals surface area contributed by atoms with Crippen LogP contribution in [0.25, 0.3) is 0 Å². The molecule has 1 heterocycles. The van der Waals surface area contributed by atoms with Gasteiger partial charge in [0.25, 0.3) is 5.91 Å². The van der Waals surface area contributed by atoms with Crippen LogP contribution in [-0.2, 0) is 11.3 Å². The fraction of sp³-hybridized carbons (Fsp3) is 0.368. The number of amides is 1. The Morgan fingerprint density at radius 1 is 1.17 bits per heavy atom. The molecule has 0 bridgehead atoms. The van der Waals surface area contributed by atoms with E-state index in [4.69, 9.17) is 4.74 Å². The average Bonchev–Trinajstić information content (AvgIpc) is 2.80. The van der Waals surface area contributed by atoms with Crippen LogP contribution in [0, 0.1) is 20.8 Å². The highest BCUT2D eigenvalue weighted by atomic mass is 16.5. The van der Waals surface area contributed by atoms with Crippen LogP contribution in [-0.4, -0.2) is 23.0 Å². The van der Waals surface area contributed by atoms with E-state index in [1.54, 1.807) is 27.7 Å². The topological polar surface area (TPSA) is 71.2 Å². The van der Waals surface area contributed by atoms with Crippen LogP contribution < -0.4 is 5.32 Å². The van der Waals surface area contributed by atoms with Crippen molar-refractivity contribution >= 4 is 11.9 Å². The first-order chi connectivity index (χ1) is 11.3. The van der Waals surface area contributed by atoms with E-state index in [1.165, 1.54) is 0 Å². The summed E-state index contributed by atoms with van der Waals surface area (Å²) >= 11 is 0. The fourth-order valence-corrected chi connectivity index (χ4v) is 2.63. The zero-order valence-electron chi connectivity index (χ0n) is 14.8. The van der Waals surface area contributed by atoms with Gasteiger partial charge in [0, 0.05) is 12.2 Å². The molecular formula is C19H24N2O3. The lowest BCUT2D eigenvalue weighted by Crippen LogP contribution is -2.24. The molecule has 1 amide bonds. The number of aromatic amines is 1. The number of carbonyl (C=O) groups is 2. The third-order valence-corrected chi connectivity index (χ3v) is 3.91. The number of nitrogens with one attached hydrogen (secondary N) is 2. The van der Waals surface area contributed by atoms with E-state index in [1.807, 2.05) is 31.2 Å². The largest absolute Gasteiger partial charge is 0.459 e. The van der Waals surface area contributed by atoms with Gasteiger partial charge in [0.1, 0.15) is 5.69 Å². The highest BCUT2D eigenvalue weighted by molar-refractivity contribution is 6.00. The van der Waals surface area contributed by atoms with Crippen LogP contribution in [0.5, 0.6) is 0 Å². The van der Waals surface area contributed by atoms with Crippen molar-refractivity contribution in [1.82, 2.24) is 10.3 Å². The third-order valence-electron chi connectivity index (χ3n) is 3.91. The highest BCUT2D eigenvalue weighted by Crippen LogP contribution is 2.20. The van der Waals surface area contributed by atoms with Crippen molar-refractivity contribution < 1.29 is 14.3 Å². The first-order valence-corrected chi connectivity index (χ1v) is 8.04. The molecule has 0 atom stereocenters. The van der Waals surface area contributed by atoms with Crippen LogP contribution in [0.1, 0.15) is 57.1 Å². The van der Waals surface area contributed by atoms with E-state index in [0.29, 0.717) is 29.1 Å². The van der Waals surface area contributed by atoms with Crippen molar-refractivity contribution in [2.75, 3.05) is 0 Å². The molecule has 24 heavy (non-hydrogen) atoms. The van der Waals surface area contributed by atoms with Gasteiger partial charge in [0.05, 0.1) is 11.7 Å². The second-order valence-electron chi connectivity index (χ2n) is 6.19. The molecule has 0 unspecified atom stereocenters. The van der Waals surface area contributed by atoms with Crippen LogP contribution in [0.3, 0.4) is 0 Å². The number of aromatic nitrogens is 1. The van der Waals surface area contributed by atoms with Gasteiger partial charge in [0.15, 0.2) is 0 Å². The SMILES string of the molecule is Cc1ccccc1CNC(=O)c1[nH]c(C)c(C(=O)OC(C)C)c1C. The summed E-state index contributed by atoms with van der Waals surface area (Å²) in [5, 5.41) is 2.89. The lowest BCUT2D eigenvalue weighted by molar-refractivity contribution is 0.0376. The van der Waals surface area contributed by atoms with E-state index in [2.05, 4.69) is 10.3 Å². The van der Waals surface area contributed by atoms with Gasteiger partial charge < -0.3 is 15.0 Å². The monoisotopic (exact) mass is 328 g/mol. The maximum atomic E-state index is 12.5. The molecule has 2 aromatic rings. The Hall–Kier alpha value is -2.56. The molecule has 0 aliphatic heterocycles. The maximum Gasteiger partial charge on any atom is 0.340 e. The molecule has 2 N–H and O–H groups in total. The Morgan fingerprint density at radius 3 is 2.46 bits per heavy atom. The molecule has 1 aromatic heterocycles. The molecule has 0 aliphatic rings. The molecule has 0 radical (unpaired) electrons. The van der Waals surface area contributed by atoms with Crippen LogP contribution in [0.2, 0.25) is 0 Å². The predicted molar refractivity (Wildman–Crippen MR) is 93.2 cm³/mol. The Kier molecular flexibility index (Phi) is 5.44. The highest BCUT2D eigenvalue weighted by Gasteiger charge is 2.23. The predicted octanol–water partition coefficient (Wildman–Crippen LogP) is 3.44. The quantitative estimate of drug-likeness (QED) is 0.826. The first-order valence-electron chi connectivity index (χ1n) is 8.04. The number of benzene rings is 1. The van der Waals surface area contributed by atoms with Gasteiger partial charge in [-0.1, -0.05) is 24.3 Å². The Labute approximate surface area is 142 Å². The minimum absolute atomic E-state index is 0.204. The van der Waals surface area contributed by atoms with Gasteiger partial charge in [-0.25, -0.2) is 4.79 Å². The zero-order valence-corrected chi connectivity index (χ0v) is 14.8. The number of aryl methyl sites for hydroxylation is 2. The molecule has 2 rings (SSSR count). The molecule has 1 aromatic carbocycles. The first kappa shape index (κ1) is 17.8. The molecule has 0 spiro atoms. The molecule has 0 aliphatic carbocycles. The molecule has 5 nitrogen and oxygen atoms in total. The van der Waals surface area contributed by atoms with Crippen molar-refractivity contribution in [2.24, 2.45) is 0 Å². The molecule has 0 fully saturated rings. The molecule has 0 saturated carbocycles. The Morgan fingerprint density at radius 2 is 1.83 bits per heavy atom. The second-order valence-corrected chi connectivity index (χ2v) is 6.19. The molecule has 128 valence electrons. The summed E-state index contributed by atoms with van der Waals surface area (Å²) in [5.41, 5.74) is 4.27. The van der Waals surface area contributed by atoms with E-state index in [-0.39, 0.29) is 12.0 Å². The summed E-state index contributed by atoms with van der Waals surface area (Å²) in [6, 6.07) is 7.89. The summed E-state index contributed by atoms with van der Waals surface area (Å²) in [4.78, 5) is 27.7. The van der Waals surface area contributed by atoms with Gasteiger partial charge >= 0.3 is 5.97 Å². The maximum absolute atomic E-state index is 12.5. The fourth-order valence-electron chi connectivity index (χ4n) is 2.63. The van der Waals surface area contributed by atoms with Crippen molar-refractivity contribution in [3.63, 3.8) is 0 Å². The van der Waals surface area contributed by atoms with Crippen LogP contribution in [0.15, 0.2) is 24.3 Å². The van der Waals surface area contributed by atoms with E-state index in [0.717, 1.165) is 11.1 Å². The van der Waals surface area contributed by atoms with Gasteiger partial charge in [-0.15, -0.1) is 0 Å². The van der Waals surface area contributed by atoms with Crippen LogP contribution >= 0.6 is 0 Å². The number of esters is 1. The summed E-state index contributed by atoms with van der Waals surface area (Å²) in [5.74, 6) is -0.642. The van der Waals surface area contributed by atoms with Crippen molar-refractivity contribution in [3.8, 4) is 0 Å². The zero-order chi connectivity index (χ0) is 17.9. The number of hydrogen-bond donors (Lipinski definition) is 2. The van der Waals surface area contributed by atoms with Gasteiger partial charge in [-0.3, -0.25) is 4.79 Å². The normalized spacial score (nSPS) is 10.8. The van der Waals surface area contributed by atoms with Crippen LogP contribution in [0.4, 0.5) is 0 Å².